The number of aliphatic hydroxyl groups is 1. The fraction of sp³-hybridized carbons (Fsp3) is 0.381. The van der Waals surface area contributed by atoms with Crippen molar-refractivity contribution in [2.24, 2.45) is 4.99 Å². The third-order valence-electron chi connectivity index (χ3n) is 3.84. The van der Waals surface area contributed by atoms with E-state index < -0.39 is 6.10 Å². The predicted octanol–water partition coefficient (Wildman–Crippen LogP) is 2.75. The fourth-order valence-corrected chi connectivity index (χ4v) is 2.53. The van der Waals surface area contributed by atoms with E-state index in [1.807, 2.05) is 44.2 Å². The van der Waals surface area contributed by atoms with E-state index in [4.69, 9.17) is 4.74 Å². The average Bonchev–Trinajstić information content (AvgIpc) is 2.66. The van der Waals surface area contributed by atoms with Crippen LogP contribution >= 0.6 is 0 Å². The van der Waals surface area contributed by atoms with E-state index in [1.54, 1.807) is 18.2 Å². The van der Waals surface area contributed by atoms with Crippen molar-refractivity contribution in [3.63, 3.8) is 0 Å². The number of halogens is 1. The molecule has 146 valence electrons. The summed E-state index contributed by atoms with van der Waals surface area (Å²) >= 11 is 0. The number of hydrogen-bond donors (Lipinski definition) is 3. The number of guanidine groups is 1. The van der Waals surface area contributed by atoms with Crippen LogP contribution in [0.3, 0.4) is 0 Å². The van der Waals surface area contributed by atoms with E-state index >= 15 is 0 Å². The lowest BCUT2D eigenvalue weighted by atomic mass is 10.1. The molecule has 0 radical (unpaired) electrons. The second-order valence-corrected chi connectivity index (χ2v) is 6.30. The molecule has 27 heavy (non-hydrogen) atoms. The summed E-state index contributed by atoms with van der Waals surface area (Å²) < 4.78 is 19.3. The Kier molecular flexibility index (Phi) is 8.58. The quantitative estimate of drug-likeness (QED) is 0.467. The molecule has 0 aliphatic rings. The SMILES string of the molecule is CCNC(=NCC(O)Cc1ccccc1)NCC(C)Oc1ccccc1F. The number of para-hydroxylation sites is 1. The second-order valence-electron chi connectivity index (χ2n) is 6.30. The maximum atomic E-state index is 13.6. The molecule has 2 aromatic carbocycles. The van der Waals surface area contributed by atoms with Gasteiger partial charge in [0, 0.05) is 13.0 Å². The summed E-state index contributed by atoms with van der Waals surface area (Å²) in [5.74, 6) is 0.439. The zero-order chi connectivity index (χ0) is 19.5. The van der Waals surface area contributed by atoms with E-state index in [-0.39, 0.29) is 24.2 Å². The first-order valence-corrected chi connectivity index (χ1v) is 9.23. The van der Waals surface area contributed by atoms with Crippen LogP contribution in [-0.2, 0) is 6.42 Å². The molecule has 0 bridgehead atoms. The molecule has 0 spiro atoms. The Morgan fingerprint density at radius 3 is 2.52 bits per heavy atom. The molecule has 5 nitrogen and oxygen atoms in total. The molecular formula is C21H28FN3O2. The van der Waals surface area contributed by atoms with Gasteiger partial charge in [-0.05, 0) is 31.5 Å². The first-order chi connectivity index (χ1) is 13.1. The molecule has 0 fully saturated rings. The van der Waals surface area contributed by atoms with Gasteiger partial charge in [-0.1, -0.05) is 42.5 Å². The Balaban J connectivity index is 1.82. The smallest absolute Gasteiger partial charge is 0.191 e. The molecular weight excluding hydrogens is 345 g/mol. The first kappa shape index (κ1) is 20.7. The molecule has 0 aromatic heterocycles. The van der Waals surface area contributed by atoms with Crippen LogP contribution in [0.5, 0.6) is 5.75 Å². The zero-order valence-corrected chi connectivity index (χ0v) is 15.9. The molecule has 0 saturated carbocycles. The van der Waals surface area contributed by atoms with E-state index in [1.165, 1.54) is 6.07 Å². The number of aliphatic hydroxyl groups excluding tert-OH is 1. The van der Waals surface area contributed by atoms with E-state index in [9.17, 15) is 9.50 Å². The summed E-state index contributed by atoms with van der Waals surface area (Å²) in [5.41, 5.74) is 1.07. The summed E-state index contributed by atoms with van der Waals surface area (Å²) in [5, 5.41) is 16.5. The van der Waals surface area contributed by atoms with Gasteiger partial charge in [0.05, 0.1) is 19.2 Å². The second kappa shape index (κ2) is 11.2. The van der Waals surface area contributed by atoms with Crippen molar-refractivity contribution in [1.82, 2.24) is 10.6 Å². The highest BCUT2D eigenvalue weighted by Gasteiger charge is 2.10. The molecule has 6 heteroatoms. The Morgan fingerprint density at radius 1 is 1.11 bits per heavy atom. The van der Waals surface area contributed by atoms with Gasteiger partial charge in [-0.25, -0.2) is 4.39 Å². The van der Waals surface area contributed by atoms with Gasteiger partial charge in [0.1, 0.15) is 6.10 Å². The van der Waals surface area contributed by atoms with Gasteiger partial charge in [0.25, 0.3) is 0 Å². The Hall–Kier alpha value is -2.60. The monoisotopic (exact) mass is 373 g/mol. The van der Waals surface area contributed by atoms with E-state index in [0.717, 1.165) is 5.56 Å². The van der Waals surface area contributed by atoms with Crippen LogP contribution in [0.2, 0.25) is 0 Å². The van der Waals surface area contributed by atoms with Crippen LogP contribution in [-0.4, -0.2) is 42.9 Å². The molecule has 2 atom stereocenters. The molecule has 0 aliphatic carbocycles. The first-order valence-electron chi connectivity index (χ1n) is 9.23. The molecule has 3 N–H and O–H groups in total. The summed E-state index contributed by atoms with van der Waals surface area (Å²) in [6.45, 7) is 5.26. The van der Waals surface area contributed by atoms with Crippen molar-refractivity contribution in [3.8, 4) is 5.75 Å². The van der Waals surface area contributed by atoms with Gasteiger partial charge < -0.3 is 20.5 Å². The Bertz CT molecular complexity index is 710. The van der Waals surface area contributed by atoms with Gasteiger partial charge in [0.2, 0.25) is 0 Å². The Labute approximate surface area is 160 Å². The van der Waals surface area contributed by atoms with Crippen LogP contribution in [0.4, 0.5) is 4.39 Å². The third kappa shape index (κ3) is 7.66. The highest BCUT2D eigenvalue weighted by atomic mass is 19.1. The summed E-state index contributed by atoms with van der Waals surface area (Å²) in [4.78, 5) is 4.42. The van der Waals surface area contributed by atoms with Gasteiger partial charge >= 0.3 is 0 Å². The molecule has 0 aliphatic heterocycles. The minimum atomic E-state index is -0.560. The summed E-state index contributed by atoms with van der Waals surface area (Å²) in [6.07, 6.45) is -0.258. The summed E-state index contributed by atoms with van der Waals surface area (Å²) in [7, 11) is 0. The molecule has 2 rings (SSSR count). The maximum absolute atomic E-state index is 13.6. The van der Waals surface area contributed by atoms with E-state index in [2.05, 4.69) is 15.6 Å². The van der Waals surface area contributed by atoms with Gasteiger partial charge in [0.15, 0.2) is 17.5 Å². The van der Waals surface area contributed by atoms with Gasteiger partial charge in [-0.2, -0.15) is 0 Å². The molecule has 0 heterocycles. The minimum absolute atomic E-state index is 0.229. The largest absolute Gasteiger partial charge is 0.486 e. The van der Waals surface area contributed by atoms with Gasteiger partial charge in [-0.3, -0.25) is 4.99 Å². The lowest BCUT2D eigenvalue weighted by Crippen LogP contribution is -2.42. The molecule has 0 amide bonds. The number of ether oxygens (including phenoxy) is 1. The van der Waals surface area contributed by atoms with Crippen LogP contribution in [0.1, 0.15) is 19.4 Å². The van der Waals surface area contributed by atoms with Crippen molar-refractivity contribution in [3.05, 3.63) is 66.0 Å². The van der Waals surface area contributed by atoms with Crippen LogP contribution in [0, 0.1) is 5.82 Å². The van der Waals surface area contributed by atoms with Crippen molar-refractivity contribution in [1.29, 1.82) is 0 Å². The number of nitrogens with zero attached hydrogens (tertiary/aromatic N) is 1. The third-order valence-corrected chi connectivity index (χ3v) is 3.84. The van der Waals surface area contributed by atoms with Crippen LogP contribution in [0.15, 0.2) is 59.6 Å². The zero-order valence-electron chi connectivity index (χ0n) is 15.9. The molecule has 2 unspecified atom stereocenters. The minimum Gasteiger partial charge on any atom is -0.486 e. The van der Waals surface area contributed by atoms with Crippen molar-refractivity contribution >= 4 is 5.96 Å². The van der Waals surface area contributed by atoms with Gasteiger partial charge in [-0.15, -0.1) is 0 Å². The van der Waals surface area contributed by atoms with Crippen LogP contribution in [0.25, 0.3) is 0 Å². The average molecular weight is 373 g/mol. The maximum Gasteiger partial charge on any atom is 0.191 e. The number of nitrogens with one attached hydrogen (secondary N) is 2. The predicted molar refractivity (Wildman–Crippen MR) is 107 cm³/mol. The van der Waals surface area contributed by atoms with Crippen molar-refractivity contribution in [2.45, 2.75) is 32.5 Å². The molecule has 0 saturated heterocycles. The van der Waals surface area contributed by atoms with E-state index in [0.29, 0.717) is 25.5 Å². The highest BCUT2D eigenvalue weighted by Crippen LogP contribution is 2.16. The molecule has 2 aromatic rings. The number of rotatable bonds is 9. The lowest BCUT2D eigenvalue weighted by Gasteiger charge is -2.18. The van der Waals surface area contributed by atoms with Crippen molar-refractivity contribution in [2.75, 3.05) is 19.6 Å². The number of aliphatic imine (C=N–C) groups is 1. The van der Waals surface area contributed by atoms with Crippen LogP contribution < -0.4 is 15.4 Å². The Morgan fingerprint density at radius 2 is 1.81 bits per heavy atom. The normalized spacial score (nSPS) is 13.7. The fourth-order valence-electron chi connectivity index (χ4n) is 2.53. The lowest BCUT2D eigenvalue weighted by molar-refractivity contribution is 0.183. The van der Waals surface area contributed by atoms with Crippen molar-refractivity contribution < 1.29 is 14.2 Å². The number of benzene rings is 2. The topological polar surface area (TPSA) is 65.9 Å². The standard InChI is InChI=1S/C21H28FN3O2/c1-3-23-21(25-15-18(26)13-17-9-5-4-6-10-17)24-14-16(2)27-20-12-8-7-11-19(20)22/h4-12,16,18,26H,3,13-15H2,1-2H3,(H2,23,24,25). The number of hydrogen-bond acceptors (Lipinski definition) is 3. The summed E-state index contributed by atoms with van der Waals surface area (Å²) in [6, 6.07) is 16.2. The highest BCUT2D eigenvalue weighted by molar-refractivity contribution is 5.79.